The van der Waals surface area contributed by atoms with Crippen molar-refractivity contribution in [3.63, 3.8) is 0 Å². The van der Waals surface area contributed by atoms with Gasteiger partial charge in [-0.1, -0.05) is 12.1 Å². The van der Waals surface area contributed by atoms with E-state index in [2.05, 4.69) is 4.72 Å². The number of nitrogens with one attached hydrogen (secondary N) is 1. The van der Waals surface area contributed by atoms with Crippen molar-refractivity contribution in [1.29, 1.82) is 0 Å². The van der Waals surface area contributed by atoms with Gasteiger partial charge >= 0.3 is 5.97 Å². The summed E-state index contributed by atoms with van der Waals surface area (Å²) >= 11 is 1.01. The van der Waals surface area contributed by atoms with Crippen LogP contribution in [0.3, 0.4) is 0 Å². The number of sulfonamides is 1. The second-order valence-electron chi connectivity index (χ2n) is 6.14. The van der Waals surface area contributed by atoms with Crippen LogP contribution in [0.25, 0.3) is 0 Å². The number of carboxylic acids is 1. The Morgan fingerprint density at radius 1 is 1.30 bits per heavy atom. The van der Waals surface area contributed by atoms with Crippen molar-refractivity contribution in [2.24, 2.45) is 5.92 Å². The number of allylic oxidation sites excluding steroid dienone is 4. The fourth-order valence-corrected chi connectivity index (χ4v) is 6.42. The van der Waals surface area contributed by atoms with Crippen LogP contribution < -0.4 is 4.72 Å². The number of aliphatic hydroxyl groups is 1. The monoisotopic (exact) mass is 431 g/mol. The van der Waals surface area contributed by atoms with E-state index in [1.54, 1.807) is 17.5 Å². The Kier molecular flexibility index (Phi) is 5.19. The number of aliphatic carboxylic acids is 1. The number of carbonyl (C=O) groups is 1. The van der Waals surface area contributed by atoms with E-state index in [1.807, 2.05) is 0 Å². The third kappa shape index (κ3) is 3.94. The lowest BCUT2D eigenvalue weighted by Gasteiger charge is -2.30. The molecule has 0 aliphatic heterocycles. The van der Waals surface area contributed by atoms with Gasteiger partial charge in [0.05, 0.1) is 5.70 Å². The van der Waals surface area contributed by atoms with E-state index in [4.69, 9.17) is 5.11 Å². The van der Waals surface area contributed by atoms with Crippen LogP contribution in [-0.4, -0.2) is 38.8 Å². The average Bonchev–Trinajstić information content (AvgIpc) is 3.11. The molecule has 27 heavy (non-hydrogen) atoms. The summed E-state index contributed by atoms with van der Waals surface area (Å²) in [6.45, 7) is 0. The van der Waals surface area contributed by atoms with Crippen molar-refractivity contribution in [3.05, 3.63) is 51.6 Å². The number of carboxylic acid groups (broad SMARTS) is 1. The van der Waals surface area contributed by atoms with E-state index < -0.39 is 48.2 Å². The third-order valence-electron chi connectivity index (χ3n) is 4.26. The summed E-state index contributed by atoms with van der Waals surface area (Å²) in [5.74, 6) is -3.89. The molecule has 0 bridgehead atoms. The van der Waals surface area contributed by atoms with Crippen LogP contribution in [0, 0.1) is 5.92 Å². The van der Waals surface area contributed by atoms with Crippen molar-refractivity contribution in [3.8, 4) is 0 Å². The molecule has 0 saturated carbocycles. The van der Waals surface area contributed by atoms with E-state index in [9.17, 15) is 26.7 Å². The molecule has 0 aromatic carbocycles. The highest BCUT2D eigenvalue weighted by molar-refractivity contribution is 7.96. The van der Waals surface area contributed by atoms with Gasteiger partial charge in [-0.2, -0.15) is 0 Å². The Balaban J connectivity index is 2.09. The van der Waals surface area contributed by atoms with E-state index in [-0.39, 0.29) is 9.91 Å². The summed E-state index contributed by atoms with van der Waals surface area (Å²) in [6.07, 6.45) is 4.55. The SMILES string of the molecule is O=C(O)CS(=O)(=O)C1=C(O)C2CCCC=C2C(NS(=O)(=O)c2cccs2)=C1. The zero-order valence-electron chi connectivity index (χ0n) is 14.0. The van der Waals surface area contributed by atoms with Crippen LogP contribution in [0.5, 0.6) is 0 Å². The summed E-state index contributed by atoms with van der Waals surface area (Å²) in [7, 11) is -8.26. The molecule has 8 nitrogen and oxygen atoms in total. The molecule has 146 valence electrons. The Morgan fingerprint density at radius 3 is 2.67 bits per heavy atom. The number of rotatable bonds is 6. The highest BCUT2D eigenvalue weighted by atomic mass is 32.2. The van der Waals surface area contributed by atoms with Gasteiger partial charge in [-0.3, -0.25) is 9.52 Å². The molecule has 0 spiro atoms. The van der Waals surface area contributed by atoms with Crippen LogP contribution in [0.15, 0.2) is 55.8 Å². The summed E-state index contributed by atoms with van der Waals surface area (Å²) in [5, 5.41) is 20.9. The molecule has 2 aliphatic rings. The normalized spacial score (nSPS) is 20.5. The highest BCUT2D eigenvalue weighted by Crippen LogP contribution is 2.40. The van der Waals surface area contributed by atoms with Gasteiger partial charge < -0.3 is 10.2 Å². The van der Waals surface area contributed by atoms with E-state index >= 15 is 0 Å². The molecule has 1 heterocycles. The Bertz CT molecular complexity index is 1060. The Hall–Kier alpha value is -2.11. The summed E-state index contributed by atoms with van der Waals surface area (Å²) in [5.41, 5.74) is 0.531. The van der Waals surface area contributed by atoms with Gasteiger partial charge in [-0.05, 0) is 42.4 Å². The van der Waals surface area contributed by atoms with Crippen molar-refractivity contribution in [1.82, 2.24) is 4.72 Å². The molecule has 2 aliphatic carbocycles. The largest absolute Gasteiger partial charge is 0.510 e. The molecule has 1 unspecified atom stereocenters. The zero-order chi connectivity index (χ0) is 19.8. The zero-order valence-corrected chi connectivity index (χ0v) is 16.4. The van der Waals surface area contributed by atoms with Crippen molar-refractivity contribution < 1.29 is 31.8 Å². The maximum absolute atomic E-state index is 12.6. The first-order valence-corrected chi connectivity index (χ1v) is 12.0. The van der Waals surface area contributed by atoms with Crippen LogP contribution >= 0.6 is 11.3 Å². The molecule has 1 aromatic rings. The van der Waals surface area contributed by atoms with E-state index in [1.165, 1.54) is 6.07 Å². The minimum atomic E-state index is -4.33. The smallest absolute Gasteiger partial charge is 0.319 e. The standard InChI is InChI=1S/C16H17NO7S3/c18-14(19)9-26(21,22)13-8-12(10-4-1-2-5-11(10)16(13)20)17-27(23,24)15-6-3-7-25-15/h3-4,6-8,11,17,20H,1-2,5,9H2,(H,18,19). The fourth-order valence-electron chi connectivity index (χ4n) is 3.11. The molecule has 1 aromatic heterocycles. The third-order valence-corrected chi connectivity index (χ3v) is 8.65. The second kappa shape index (κ2) is 7.13. The predicted molar refractivity (Wildman–Crippen MR) is 99.2 cm³/mol. The molecular formula is C16H17NO7S3. The average molecular weight is 432 g/mol. The lowest BCUT2D eigenvalue weighted by Crippen LogP contribution is -2.31. The number of aliphatic hydroxyl groups excluding tert-OH is 1. The van der Waals surface area contributed by atoms with Crippen LogP contribution in [0.1, 0.15) is 19.3 Å². The minimum Gasteiger partial charge on any atom is -0.510 e. The van der Waals surface area contributed by atoms with Gasteiger partial charge in [0.1, 0.15) is 14.9 Å². The van der Waals surface area contributed by atoms with Crippen LogP contribution in [0.2, 0.25) is 0 Å². The molecular weight excluding hydrogens is 414 g/mol. The molecule has 0 amide bonds. The number of thiophene rings is 1. The topological polar surface area (TPSA) is 138 Å². The quantitative estimate of drug-likeness (QED) is 0.625. The Labute approximate surface area is 160 Å². The number of sulfone groups is 1. The molecule has 1 atom stereocenters. The predicted octanol–water partition coefficient (Wildman–Crippen LogP) is 1.92. The fraction of sp³-hybridized carbons (Fsp3) is 0.312. The van der Waals surface area contributed by atoms with Gasteiger partial charge in [0.2, 0.25) is 0 Å². The first-order chi connectivity index (χ1) is 12.6. The number of fused-ring (bicyclic) bond motifs is 1. The number of hydrogen-bond donors (Lipinski definition) is 3. The Morgan fingerprint density at radius 2 is 2.04 bits per heavy atom. The maximum atomic E-state index is 12.6. The number of hydrogen-bond acceptors (Lipinski definition) is 7. The first kappa shape index (κ1) is 19.6. The van der Waals surface area contributed by atoms with Gasteiger partial charge in [-0.25, -0.2) is 16.8 Å². The van der Waals surface area contributed by atoms with Crippen LogP contribution in [0.4, 0.5) is 0 Å². The van der Waals surface area contributed by atoms with Gasteiger partial charge in [0.25, 0.3) is 10.0 Å². The van der Waals surface area contributed by atoms with Crippen molar-refractivity contribution in [2.75, 3.05) is 5.75 Å². The lowest BCUT2D eigenvalue weighted by molar-refractivity contribution is -0.134. The van der Waals surface area contributed by atoms with Gasteiger partial charge in [-0.15, -0.1) is 11.3 Å². The summed E-state index contributed by atoms with van der Waals surface area (Å²) < 4.78 is 52.3. The first-order valence-electron chi connectivity index (χ1n) is 7.98. The molecule has 0 radical (unpaired) electrons. The molecule has 11 heteroatoms. The second-order valence-corrected chi connectivity index (χ2v) is 11.0. The van der Waals surface area contributed by atoms with E-state index in [0.29, 0.717) is 24.8 Å². The van der Waals surface area contributed by atoms with Crippen molar-refractivity contribution in [2.45, 2.75) is 23.5 Å². The molecule has 0 saturated heterocycles. The summed E-state index contributed by atoms with van der Waals surface area (Å²) in [4.78, 5) is 10.3. The molecule has 3 rings (SSSR count). The summed E-state index contributed by atoms with van der Waals surface area (Å²) in [6, 6.07) is 2.99. The van der Waals surface area contributed by atoms with Crippen LogP contribution in [-0.2, 0) is 24.7 Å². The molecule has 0 fully saturated rings. The van der Waals surface area contributed by atoms with Crippen molar-refractivity contribution >= 4 is 37.2 Å². The van der Waals surface area contributed by atoms with Gasteiger partial charge in [0.15, 0.2) is 15.6 Å². The van der Waals surface area contributed by atoms with Gasteiger partial charge in [0, 0.05) is 5.92 Å². The molecule has 3 N–H and O–H groups in total. The highest BCUT2D eigenvalue weighted by Gasteiger charge is 2.37. The lowest BCUT2D eigenvalue weighted by atomic mass is 9.82. The minimum absolute atomic E-state index is 0.0369. The maximum Gasteiger partial charge on any atom is 0.319 e. The van der Waals surface area contributed by atoms with E-state index in [0.717, 1.165) is 17.4 Å².